The molecule has 25 heavy (non-hydrogen) atoms. The largest absolute Gasteiger partial charge is 0.457 e. The zero-order valence-electron chi connectivity index (χ0n) is 13.4. The third-order valence-corrected chi connectivity index (χ3v) is 5.47. The highest BCUT2D eigenvalue weighted by atomic mass is 32.1. The maximum Gasteiger partial charge on any atom is 0.312 e. The Labute approximate surface area is 149 Å². The second-order valence-corrected chi connectivity index (χ2v) is 7.42. The molecule has 4 aromatic rings. The van der Waals surface area contributed by atoms with E-state index in [2.05, 4.69) is 15.2 Å². The molecule has 0 unspecified atom stereocenters. The summed E-state index contributed by atoms with van der Waals surface area (Å²) in [6.45, 7) is 1.87. The smallest absolute Gasteiger partial charge is 0.312 e. The van der Waals surface area contributed by atoms with Crippen molar-refractivity contribution in [1.29, 1.82) is 0 Å². The number of aromatic nitrogens is 5. The maximum atomic E-state index is 12.3. The van der Waals surface area contributed by atoms with E-state index in [0.29, 0.717) is 27.5 Å². The molecule has 4 rings (SSSR count). The molecular weight excluding hydrogens is 362 g/mol. The van der Waals surface area contributed by atoms with Gasteiger partial charge in [0.25, 0.3) is 5.56 Å². The van der Waals surface area contributed by atoms with E-state index in [0.717, 1.165) is 5.01 Å². The summed E-state index contributed by atoms with van der Waals surface area (Å²) in [5.41, 5.74) is 1.29. The molecular formula is C15H13N5O3S2. The van der Waals surface area contributed by atoms with Gasteiger partial charge in [-0.05, 0) is 18.4 Å². The normalized spacial score (nSPS) is 11.4. The van der Waals surface area contributed by atoms with Gasteiger partial charge in [0.2, 0.25) is 5.78 Å². The number of carbonyl (C=O) groups is 1. The predicted molar refractivity (Wildman–Crippen MR) is 94.0 cm³/mol. The zero-order valence-corrected chi connectivity index (χ0v) is 15.1. The molecule has 10 heteroatoms. The number of hydrogen-bond donors (Lipinski definition) is 0. The second-order valence-electron chi connectivity index (χ2n) is 5.45. The molecule has 0 saturated carbocycles. The van der Waals surface area contributed by atoms with Gasteiger partial charge in [-0.3, -0.25) is 18.6 Å². The summed E-state index contributed by atoms with van der Waals surface area (Å²) in [6, 6.07) is 1.83. The Morgan fingerprint density at radius 1 is 1.32 bits per heavy atom. The van der Waals surface area contributed by atoms with Gasteiger partial charge in [-0.2, -0.15) is 0 Å². The minimum absolute atomic E-state index is 0.0216. The van der Waals surface area contributed by atoms with Crippen molar-refractivity contribution in [3.05, 3.63) is 43.7 Å². The summed E-state index contributed by atoms with van der Waals surface area (Å²) in [5.74, 6) is 0.502. The van der Waals surface area contributed by atoms with Crippen LogP contribution < -0.4 is 5.56 Å². The molecule has 0 N–H and O–H groups in total. The van der Waals surface area contributed by atoms with Crippen LogP contribution in [0.3, 0.4) is 0 Å². The van der Waals surface area contributed by atoms with Gasteiger partial charge in [0.1, 0.15) is 4.70 Å². The van der Waals surface area contributed by atoms with E-state index >= 15 is 0 Å². The first-order chi connectivity index (χ1) is 12.0. The van der Waals surface area contributed by atoms with Crippen molar-refractivity contribution in [2.75, 3.05) is 0 Å². The number of thiophene rings is 1. The van der Waals surface area contributed by atoms with Crippen molar-refractivity contribution < 1.29 is 9.53 Å². The molecule has 4 heterocycles. The van der Waals surface area contributed by atoms with Crippen molar-refractivity contribution in [3.63, 3.8) is 0 Å². The average molecular weight is 375 g/mol. The van der Waals surface area contributed by atoms with Crippen LogP contribution in [0.15, 0.2) is 21.6 Å². The number of thiazole rings is 1. The molecule has 128 valence electrons. The average Bonchev–Trinajstić information content (AvgIpc) is 3.29. The van der Waals surface area contributed by atoms with Gasteiger partial charge < -0.3 is 4.74 Å². The molecule has 0 amide bonds. The molecule has 0 aliphatic heterocycles. The molecule has 0 atom stereocenters. The zero-order chi connectivity index (χ0) is 17.6. The second kappa shape index (κ2) is 6.05. The topological polar surface area (TPSA) is 91.4 Å². The van der Waals surface area contributed by atoms with Gasteiger partial charge in [0.05, 0.1) is 22.6 Å². The highest BCUT2D eigenvalue weighted by molar-refractivity contribution is 7.17. The van der Waals surface area contributed by atoms with Crippen LogP contribution in [0.25, 0.3) is 16.0 Å². The first-order valence-corrected chi connectivity index (χ1v) is 9.17. The number of aryl methyl sites for hydroxylation is 2. The van der Waals surface area contributed by atoms with Crippen LogP contribution >= 0.6 is 22.7 Å². The summed E-state index contributed by atoms with van der Waals surface area (Å²) in [5, 5.41) is 12.7. The summed E-state index contributed by atoms with van der Waals surface area (Å²) in [4.78, 5) is 28.6. The van der Waals surface area contributed by atoms with E-state index in [1.165, 1.54) is 27.2 Å². The van der Waals surface area contributed by atoms with E-state index in [1.54, 1.807) is 11.4 Å². The Balaban J connectivity index is 1.62. The summed E-state index contributed by atoms with van der Waals surface area (Å²) in [6.07, 6.45) is 0.118. The maximum absolute atomic E-state index is 12.3. The number of ether oxygens (including phenoxy) is 1. The van der Waals surface area contributed by atoms with Crippen molar-refractivity contribution in [2.24, 2.45) is 7.05 Å². The minimum atomic E-state index is -0.381. The Morgan fingerprint density at radius 2 is 2.16 bits per heavy atom. The summed E-state index contributed by atoms with van der Waals surface area (Å²) in [7, 11) is 1.64. The number of nitrogens with zero attached hydrogens (tertiary/aromatic N) is 5. The molecule has 0 aliphatic carbocycles. The van der Waals surface area contributed by atoms with E-state index in [9.17, 15) is 9.59 Å². The van der Waals surface area contributed by atoms with Gasteiger partial charge in [-0.1, -0.05) is 0 Å². The van der Waals surface area contributed by atoms with Crippen LogP contribution in [-0.2, 0) is 29.6 Å². The first-order valence-electron chi connectivity index (χ1n) is 7.41. The molecule has 0 aromatic carbocycles. The van der Waals surface area contributed by atoms with E-state index in [4.69, 9.17) is 4.74 Å². The number of hydrogen-bond acceptors (Lipinski definition) is 8. The highest BCUT2D eigenvalue weighted by Gasteiger charge is 2.17. The fourth-order valence-corrected chi connectivity index (χ4v) is 4.04. The number of carbonyl (C=O) groups excluding carboxylic acids is 1. The lowest BCUT2D eigenvalue weighted by molar-refractivity contribution is -0.144. The van der Waals surface area contributed by atoms with Gasteiger partial charge in [-0.25, -0.2) is 4.98 Å². The van der Waals surface area contributed by atoms with Crippen molar-refractivity contribution >= 4 is 44.6 Å². The third kappa shape index (κ3) is 2.72. The lowest BCUT2D eigenvalue weighted by Gasteiger charge is -2.05. The molecule has 0 spiro atoms. The van der Waals surface area contributed by atoms with Gasteiger partial charge in [0, 0.05) is 12.4 Å². The predicted octanol–water partition coefficient (Wildman–Crippen LogP) is 1.69. The van der Waals surface area contributed by atoms with Gasteiger partial charge in [0.15, 0.2) is 12.4 Å². The minimum Gasteiger partial charge on any atom is -0.457 e. The molecule has 0 bridgehead atoms. The third-order valence-electron chi connectivity index (χ3n) is 3.75. The van der Waals surface area contributed by atoms with Crippen molar-refractivity contribution in [2.45, 2.75) is 20.0 Å². The highest BCUT2D eigenvalue weighted by Crippen LogP contribution is 2.19. The van der Waals surface area contributed by atoms with E-state index in [-0.39, 0.29) is 24.6 Å². The quantitative estimate of drug-likeness (QED) is 0.504. The van der Waals surface area contributed by atoms with Crippen LogP contribution in [0.1, 0.15) is 16.5 Å². The van der Waals surface area contributed by atoms with Crippen LogP contribution in [0.4, 0.5) is 0 Å². The number of esters is 1. The lowest BCUT2D eigenvalue weighted by Crippen LogP contribution is -2.19. The van der Waals surface area contributed by atoms with Crippen LogP contribution in [0.2, 0.25) is 0 Å². The summed E-state index contributed by atoms with van der Waals surface area (Å²) < 4.78 is 9.12. The van der Waals surface area contributed by atoms with Crippen LogP contribution in [0, 0.1) is 6.92 Å². The Kier molecular flexibility index (Phi) is 3.85. The van der Waals surface area contributed by atoms with E-state index < -0.39 is 0 Å². The molecule has 4 aromatic heterocycles. The fraction of sp³-hybridized carbons (Fsp3) is 0.267. The van der Waals surface area contributed by atoms with Crippen LogP contribution in [0.5, 0.6) is 0 Å². The monoisotopic (exact) mass is 375 g/mol. The molecule has 8 nitrogen and oxygen atoms in total. The fourth-order valence-electron chi connectivity index (χ4n) is 2.58. The number of rotatable bonds is 4. The molecule has 0 radical (unpaired) electrons. The number of fused-ring (bicyclic) bond motifs is 3. The Bertz CT molecular complexity index is 1150. The standard InChI is InChI=1S/C15H13N5O3S2/c1-8-16-9(7-25-8)5-12(21)23-6-11-17-18-15-19(2)14(22)13-10(20(11)15)3-4-24-13/h3-4,7H,5-6H2,1-2H3. The SMILES string of the molecule is Cc1nc(CC(=O)OCc2nnc3n(C)c(=O)c4sccc4n23)cs1. The van der Waals surface area contributed by atoms with Crippen molar-refractivity contribution in [3.8, 4) is 0 Å². The lowest BCUT2D eigenvalue weighted by atomic mass is 10.3. The molecule has 0 fully saturated rings. The van der Waals surface area contributed by atoms with Crippen molar-refractivity contribution in [1.82, 2.24) is 24.1 Å². The first kappa shape index (κ1) is 15.9. The Hall–Kier alpha value is -2.59. The summed E-state index contributed by atoms with van der Waals surface area (Å²) >= 11 is 2.85. The van der Waals surface area contributed by atoms with Gasteiger partial charge >= 0.3 is 5.97 Å². The molecule has 0 saturated heterocycles. The Morgan fingerprint density at radius 3 is 2.92 bits per heavy atom. The van der Waals surface area contributed by atoms with Gasteiger partial charge in [-0.15, -0.1) is 32.9 Å². The van der Waals surface area contributed by atoms with Crippen LogP contribution in [-0.4, -0.2) is 30.1 Å². The molecule has 0 aliphatic rings. The van der Waals surface area contributed by atoms with E-state index in [1.807, 2.05) is 23.8 Å².